The monoisotopic (exact) mass is 658 g/mol. The normalized spacial score (nSPS) is 20.1. The summed E-state index contributed by atoms with van der Waals surface area (Å²) in [4.78, 5) is 25.3. The summed E-state index contributed by atoms with van der Waals surface area (Å²) >= 11 is 6.31. The number of nitrogens with zero attached hydrogens (tertiary/aromatic N) is 4. The van der Waals surface area contributed by atoms with E-state index in [9.17, 15) is 14.5 Å². The van der Waals surface area contributed by atoms with E-state index in [1.807, 2.05) is 11.8 Å². The molecule has 1 amide bonds. The first-order valence-electron chi connectivity index (χ1n) is 15.2. The molecule has 2 aromatic carbocycles. The van der Waals surface area contributed by atoms with Gasteiger partial charge >= 0.3 is 7.60 Å². The summed E-state index contributed by atoms with van der Waals surface area (Å²) in [7, 11) is -2.42. The van der Waals surface area contributed by atoms with Crippen LogP contribution in [-0.2, 0) is 14.1 Å². The lowest BCUT2D eigenvalue weighted by molar-refractivity contribution is -0.129. The third-order valence-electron chi connectivity index (χ3n) is 7.94. The molecule has 4 N–H and O–H groups in total. The van der Waals surface area contributed by atoms with Crippen molar-refractivity contribution in [2.75, 3.05) is 42.2 Å². The van der Waals surface area contributed by atoms with Crippen LogP contribution in [0.15, 0.2) is 60.7 Å². The number of amides is 1. The van der Waals surface area contributed by atoms with E-state index in [2.05, 4.69) is 15.3 Å². The van der Waals surface area contributed by atoms with Crippen molar-refractivity contribution in [3.63, 3.8) is 0 Å². The molecule has 242 valence electrons. The molecule has 12 nitrogen and oxygen atoms in total. The fourth-order valence-corrected chi connectivity index (χ4v) is 7.40. The van der Waals surface area contributed by atoms with Crippen LogP contribution in [0.3, 0.4) is 0 Å². The number of ether oxygens (including phenoxy) is 1. The Labute approximate surface area is 268 Å². The molecule has 1 aliphatic heterocycles. The number of aliphatic hydroxyl groups excluding tert-OH is 1. The maximum absolute atomic E-state index is 13.9. The van der Waals surface area contributed by atoms with Gasteiger partial charge in [-0.2, -0.15) is 9.97 Å². The molecule has 2 aliphatic rings. The molecule has 1 saturated heterocycles. The predicted octanol–water partition coefficient (Wildman–Crippen LogP) is 5.18. The Bertz CT molecular complexity index is 1440. The molecule has 1 saturated carbocycles. The number of carbonyl (C=O) groups excluding carboxylic acids is 1. The Morgan fingerprint density at radius 2 is 1.69 bits per heavy atom. The number of anilines is 3. The van der Waals surface area contributed by atoms with Gasteiger partial charge in [0.05, 0.1) is 6.10 Å². The number of para-hydroxylation sites is 2. The van der Waals surface area contributed by atoms with Crippen LogP contribution in [0.25, 0.3) is 0 Å². The number of hydrogen-bond acceptors (Lipinski definition) is 11. The van der Waals surface area contributed by atoms with Crippen molar-refractivity contribution in [3.05, 3.63) is 65.9 Å². The van der Waals surface area contributed by atoms with Gasteiger partial charge in [-0.3, -0.25) is 4.79 Å². The molecule has 0 spiro atoms. The molecule has 3 atom stereocenters. The van der Waals surface area contributed by atoms with E-state index in [1.54, 1.807) is 67.7 Å². The van der Waals surface area contributed by atoms with Gasteiger partial charge in [0, 0.05) is 32.6 Å². The van der Waals surface area contributed by atoms with Crippen molar-refractivity contribution in [3.8, 4) is 11.5 Å². The quantitative estimate of drug-likeness (QED) is 0.165. The minimum Gasteiger partial charge on any atom is -0.416 e. The van der Waals surface area contributed by atoms with Crippen LogP contribution in [0.5, 0.6) is 11.5 Å². The van der Waals surface area contributed by atoms with E-state index in [1.165, 1.54) is 4.90 Å². The number of benzene rings is 2. The highest BCUT2D eigenvalue weighted by atomic mass is 35.5. The second kappa shape index (κ2) is 14.7. The van der Waals surface area contributed by atoms with Crippen molar-refractivity contribution in [2.45, 2.75) is 63.5 Å². The zero-order chi connectivity index (χ0) is 32.0. The molecule has 0 unspecified atom stereocenters. The summed E-state index contributed by atoms with van der Waals surface area (Å²) in [6.07, 6.45) is 1.90. The smallest absolute Gasteiger partial charge is 0.416 e. The molecule has 2 fully saturated rings. The Kier molecular flexibility index (Phi) is 10.7. The van der Waals surface area contributed by atoms with Crippen LogP contribution in [0, 0.1) is 0 Å². The highest BCUT2D eigenvalue weighted by Crippen LogP contribution is 2.48. The highest BCUT2D eigenvalue weighted by Gasteiger charge is 2.40. The molecular formula is C31H40ClN6O6P. The number of aliphatic hydroxyl groups is 1. The second-order valence-electron chi connectivity index (χ2n) is 11.3. The topological polar surface area (TPSA) is 152 Å². The molecule has 0 radical (unpaired) electrons. The van der Waals surface area contributed by atoms with Gasteiger partial charge < -0.3 is 39.7 Å². The van der Waals surface area contributed by atoms with Crippen molar-refractivity contribution in [1.29, 1.82) is 0 Å². The number of nitrogen functional groups attached to an aromatic ring is 1. The first-order valence-corrected chi connectivity index (χ1v) is 17.3. The number of likely N-dealkylation sites (N-methyl/N-ethyl adjacent to an activating group) is 1. The third-order valence-corrected chi connectivity index (χ3v) is 9.75. The minimum absolute atomic E-state index is 0.0409. The summed E-state index contributed by atoms with van der Waals surface area (Å²) < 4.78 is 31.7. The molecule has 14 heteroatoms. The number of nitrogens with one attached hydrogen (secondary N) is 1. The molecule has 45 heavy (non-hydrogen) atoms. The largest absolute Gasteiger partial charge is 0.440 e. The maximum atomic E-state index is 13.9. The minimum atomic E-state index is -3.98. The van der Waals surface area contributed by atoms with Crippen LogP contribution in [0.4, 0.5) is 17.3 Å². The van der Waals surface area contributed by atoms with E-state index in [0.717, 1.165) is 25.7 Å². The average molecular weight is 659 g/mol. The van der Waals surface area contributed by atoms with E-state index in [4.69, 9.17) is 31.1 Å². The Balaban J connectivity index is 1.26. The van der Waals surface area contributed by atoms with Crippen LogP contribution in [-0.4, -0.2) is 76.7 Å². The van der Waals surface area contributed by atoms with E-state index >= 15 is 0 Å². The summed E-state index contributed by atoms with van der Waals surface area (Å²) in [5.74, 6) is 1.03. The summed E-state index contributed by atoms with van der Waals surface area (Å²) in [5.41, 5.74) is 6.88. The van der Waals surface area contributed by atoms with Gasteiger partial charge in [0.15, 0.2) is 17.8 Å². The molecular weight excluding hydrogens is 619 g/mol. The zero-order valence-corrected chi connectivity index (χ0v) is 27.1. The standard InChI is InChI=1S/C31H40ClN6O6P/c1-3-38(30-28(33)29(35-31(32)36-30)34-21-12-10-11-13-21)27-18-24(39)25(42-27)19-37(2)26(40)20-45(41,43-22-14-6-4-7-15-22)44-23-16-8-5-9-17-23/h4-9,14-17,21,24-25,27,39H,3,10-13,18-20,33H2,1-2H3,(H,34,35,36)/t24-,25+,27+/m0/s1. The van der Waals surface area contributed by atoms with Crippen LogP contribution in [0.2, 0.25) is 5.28 Å². The predicted molar refractivity (Wildman–Crippen MR) is 174 cm³/mol. The number of hydrogen-bond donors (Lipinski definition) is 3. The molecule has 2 heterocycles. The molecule has 1 aliphatic carbocycles. The van der Waals surface area contributed by atoms with Gasteiger partial charge in [-0.05, 0) is 55.6 Å². The fraction of sp³-hybridized carbons (Fsp3) is 0.452. The van der Waals surface area contributed by atoms with Crippen molar-refractivity contribution < 1.29 is 28.3 Å². The molecule has 0 bridgehead atoms. The highest BCUT2D eigenvalue weighted by molar-refractivity contribution is 7.55. The Morgan fingerprint density at radius 3 is 2.27 bits per heavy atom. The number of rotatable bonds is 13. The molecule has 5 rings (SSSR count). The fourth-order valence-electron chi connectivity index (χ4n) is 5.61. The van der Waals surface area contributed by atoms with E-state index < -0.39 is 38.1 Å². The third kappa shape index (κ3) is 8.38. The van der Waals surface area contributed by atoms with Crippen LogP contribution in [0.1, 0.15) is 39.0 Å². The van der Waals surface area contributed by atoms with Crippen molar-refractivity contribution in [1.82, 2.24) is 14.9 Å². The Morgan fingerprint density at radius 1 is 1.09 bits per heavy atom. The van der Waals surface area contributed by atoms with Gasteiger partial charge in [0.1, 0.15) is 29.5 Å². The van der Waals surface area contributed by atoms with Gasteiger partial charge in [-0.1, -0.05) is 49.2 Å². The maximum Gasteiger partial charge on any atom is 0.440 e. The van der Waals surface area contributed by atoms with E-state index in [-0.39, 0.29) is 24.3 Å². The SMILES string of the molecule is CCN(c1nc(Cl)nc(NC2CCCC2)c1N)[C@H]1C[C@H](O)[C@@H](CN(C)C(=O)CP(=O)(Oc2ccccc2)Oc2ccccc2)O1. The van der Waals surface area contributed by atoms with Gasteiger partial charge in [0.25, 0.3) is 0 Å². The van der Waals surface area contributed by atoms with Crippen molar-refractivity contribution in [2.24, 2.45) is 0 Å². The first kappa shape index (κ1) is 32.8. The lowest BCUT2D eigenvalue weighted by Gasteiger charge is -2.31. The summed E-state index contributed by atoms with van der Waals surface area (Å²) in [6, 6.07) is 17.4. The molecule has 1 aromatic heterocycles. The first-order chi connectivity index (χ1) is 21.6. The number of nitrogens with two attached hydrogens (primary N) is 1. The Hall–Kier alpha value is -3.57. The number of aromatic nitrogens is 2. The van der Waals surface area contributed by atoms with Gasteiger partial charge in [-0.15, -0.1) is 0 Å². The average Bonchev–Trinajstić information content (AvgIpc) is 3.66. The lowest BCUT2D eigenvalue weighted by Crippen LogP contribution is -2.41. The second-order valence-corrected chi connectivity index (χ2v) is 13.5. The summed E-state index contributed by atoms with van der Waals surface area (Å²) in [6.45, 7) is 2.44. The van der Waals surface area contributed by atoms with Crippen molar-refractivity contribution >= 4 is 42.4 Å². The lowest BCUT2D eigenvalue weighted by atomic mass is 10.1. The van der Waals surface area contributed by atoms with Crippen LogP contribution < -0.4 is 25.0 Å². The zero-order valence-electron chi connectivity index (χ0n) is 25.4. The van der Waals surface area contributed by atoms with Gasteiger partial charge in [0.2, 0.25) is 11.2 Å². The molecule has 3 aromatic rings. The van der Waals surface area contributed by atoms with Crippen LogP contribution >= 0.6 is 19.2 Å². The number of carbonyl (C=O) groups is 1. The number of halogens is 1. The summed E-state index contributed by atoms with van der Waals surface area (Å²) in [5, 5.41) is 14.4. The van der Waals surface area contributed by atoms with Gasteiger partial charge in [-0.25, -0.2) is 4.57 Å². The van der Waals surface area contributed by atoms with E-state index in [0.29, 0.717) is 35.4 Å².